The van der Waals surface area contributed by atoms with E-state index in [9.17, 15) is 4.79 Å². The Kier molecular flexibility index (Phi) is 3.82. The van der Waals surface area contributed by atoms with Crippen molar-refractivity contribution in [1.29, 1.82) is 0 Å². The number of carbonyl (C=O) groups is 1. The third-order valence-electron chi connectivity index (χ3n) is 3.70. The molecule has 2 heteroatoms. The molecule has 2 rings (SSSR count). The first kappa shape index (κ1) is 12.2. The smallest absolute Gasteiger partial charge is 0.303 e. The Labute approximate surface area is 103 Å². The van der Waals surface area contributed by atoms with Crippen molar-refractivity contribution in [3.8, 4) is 0 Å². The monoisotopic (exact) mass is 232 g/mol. The number of aliphatic carboxylic acids is 1. The van der Waals surface area contributed by atoms with Crippen molar-refractivity contribution in [1.82, 2.24) is 0 Å². The van der Waals surface area contributed by atoms with Gasteiger partial charge in [0.2, 0.25) is 0 Å². The fraction of sp³-hybridized carbons (Fsp3) is 0.533. The van der Waals surface area contributed by atoms with Crippen LogP contribution in [-0.4, -0.2) is 11.1 Å². The van der Waals surface area contributed by atoms with Crippen LogP contribution < -0.4 is 0 Å². The van der Waals surface area contributed by atoms with Crippen LogP contribution >= 0.6 is 0 Å². The van der Waals surface area contributed by atoms with E-state index in [1.54, 1.807) is 0 Å². The van der Waals surface area contributed by atoms with Crippen molar-refractivity contribution >= 4 is 5.97 Å². The molecule has 1 N–H and O–H groups in total. The minimum Gasteiger partial charge on any atom is -0.481 e. The second kappa shape index (κ2) is 5.35. The molecule has 0 spiro atoms. The fourth-order valence-electron chi connectivity index (χ4n) is 2.79. The molecule has 92 valence electrons. The highest BCUT2D eigenvalue weighted by Gasteiger charge is 2.15. The lowest BCUT2D eigenvalue weighted by Gasteiger charge is -2.21. The molecule has 17 heavy (non-hydrogen) atoms. The van der Waals surface area contributed by atoms with E-state index >= 15 is 0 Å². The molecular weight excluding hydrogens is 212 g/mol. The highest BCUT2D eigenvalue weighted by atomic mass is 16.4. The Morgan fingerprint density at radius 3 is 2.65 bits per heavy atom. The molecule has 0 heterocycles. The van der Waals surface area contributed by atoms with E-state index in [1.165, 1.54) is 47.9 Å². The van der Waals surface area contributed by atoms with Crippen LogP contribution in [0.5, 0.6) is 0 Å². The van der Waals surface area contributed by atoms with Gasteiger partial charge in [-0.15, -0.1) is 0 Å². The van der Waals surface area contributed by atoms with Crippen molar-refractivity contribution in [2.75, 3.05) is 0 Å². The van der Waals surface area contributed by atoms with Crippen LogP contribution in [0.25, 0.3) is 0 Å². The molecular formula is C15H20O2. The van der Waals surface area contributed by atoms with Gasteiger partial charge >= 0.3 is 5.97 Å². The Morgan fingerprint density at radius 1 is 1.24 bits per heavy atom. The second-order valence-electron chi connectivity index (χ2n) is 4.95. The van der Waals surface area contributed by atoms with E-state index in [0.29, 0.717) is 0 Å². The van der Waals surface area contributed by atoms with E-state index < -0.39 is 5.97 Å². The molecule has 0 unspecified atom stereocenters. The van der Waals surface area contributed by atoms with E-state index in [0.717, 1.165) is 12.8 Å². The molecule has 1 aliphatic rings. The lowest BCUT2D eigenvalue weighted by molar-refractivity contribution is -0.137. The summed E-state index contributed by atoms with van der Waals surface area (Å²) in [6, 6.07) is 4.39. The number of aryl methyl sites for hydroxylation is 2. The summed E-state index contributed by atoms with van der Waals surface area (Å²) < 4.78 is 0. The molecule has 1 aromatic rings. The standard InChI is InChI=1S/C15H20O2/c1-11-9-10-12(5-4-8-15(16)17)14-7-3-2-6-13(11)14/h9-10H,2-8H2,1H3,(H,16,17). The molecule has 0 aromatic heterocycles. The van der Waals surface area contributed by atoms with Gasteiger partial charge in [-0.3, -0.25) is 4.79 Å². The van der Waals surface area contributed by atoms with Crippen LogP contribution in [0.2, 0.25) is 0 Å². The first-order valence-electron chi connectivity index (χ1n) is 6.50. The summed E-state index contributed by atoms with van der Waals surface area (Å²) in [6.45, 7) is 2.19. The molecule has 0 fully saturated rings. The van der Waals surface area contributed by atoms with Crippen LogP contribution in [0.3, 0.4) is 0 Å². The average Bonchev–Trinajstić information content (AvgIpc) is 2.32. The van der Waals surface area contributed by atoms with Crippen molar-refractivity contribution in [2.24, 2.45) is 0 Å². The van der Waals surface area contributed by atoms with Gasteiger partial charge in [-0.2, -0.15) is 0 Å². The summed E-state index contributed by atoms with van der Waals surface area (Å²) in [7, 11) is 0. The predicted octanol–water partition coefficient (Wildman–Crippen LogP) is 3.28. The largest absolute Gasteiger partial charge is 0.481 e. The van der Waals surface area contributed by atoms with Crippen LogP contribution in [0.4, 0.5) is 0 Å². The summed E-state index contributed by atoms with van der Waals surface area (Å²) in [5.74, 6) is -0.689. The van der Waals surface area contributed by atoms with Gasteiger partial charge in [-0.25, -0.2) is 0 Å². The summed E-state index contributed by atoms with van der Waals surface area (Å²) in [5, 5.41) is 8.67. The molecule has 0 saturated carbocycles. The van der Waals surface area contributed by atoms with Crippen LogP contribution in [-0.2, 0) is 24.1 Å². The van der Waals surface area contributed by atoms with Crippen molar-refractivity contribution in [3.63, 3.8) is 0 Å². The minimum absolute atomic E-state index is 0.280. The zero-order valence-electron chi connectivity index (χ0n) is 10.5. The molecule has 0 bridgehead atoms. The quantitative estimate of drug-likeness (QED) is 0.865. The average molecular weight is 232 g/mol. The number of rotatable bonds is 4. The highest BCUT2D eigenvalue weighted by Crippen LogP contribution is 2.28. The van der Waals surface area contributed by atoms with Gasteiger partial charge in [-0.1, -0.05) is 12.1 Å². The molecule has 0 atom stereocenters. The molecule has 0 amide bonds. The number of carboxylic acid groups (broad SMARTS) is 1. The van der Waals surface area contributed by atoms with Crippen LogP contribution in [0.1, 0.15) is 47.9 Å². The number of hydrogen-bond donors (Lipinski definition) is 1. The Balaban J connectivity index is 2.14. The first-order chi connectivity index (χ1) is 8.18. The lowest BCUT2D eigenvalue weighted by atomic mass is 9.84. The Bertz CT molecular complexity index is 421. The summed E-state index contributed by atoms with van der Waals surface area (Å²) in [4.78, 5) is 10.5. The maximum absolute atomic E-state index is 10.5. The maximum Gasteiger partial charge on any atom is 0.303 e. The third-order valence-corrected chi connectivity index (χ3v) is 3.70. The summed E-state index contributed by atoms with van der Waals surface area (Å²) in [6.07, 6.45) is 6.91. The number of benzene rings is 1. The molecule has 1 aromatic carbocycles. The van der Waals surface area contributed by atoms with Gasteiger partial charge in [0.15, 0.2) is 0 Å². The zero-order chi connectivity index (χ0) is 12.3. The normalized spacial score (nSPS) is 14.4. The number of hydrogen-bond acceptors (Lipinski definition) is 1. The molecule has 0 saturated heterocycles. The highest BCUT2D eigenvalue weighted by molar-refractivity contribution is 5.66. The van der Waals surface area contributed by atoms with Crippen LogP contribution in [0, 0.1) is 6.92 Å². The topological polar surface area (TPSA) is 37.3 Å². The van der Waals surface area contributed by atoms with Gasteiger partial charge in [0, 0.05) is 6.42 Å². The van der Waals surface area contributed by atoms with Gasteiger partial charge < -0.3 is 5.11 Å². The number of fused-ring (bicyclic) bond motifs is 1. The van der Waals surface area contributed by atoms with Crippen molar-refractivity contribution in [2.45, 2.75) is 51.9 Å². The van der Waals surface area contributed by atoms with E-state index in [2.05, 4.69) is 19.1 Å². The predicted molar refractivity (Wildman–Crippen MR) is 68.4 cm³/mol. The first-order valence-corrected chi connectivity index (χ1v) is 6.50. The molecule has 2 nitrogen and oxygen atoms in total. The van der Waals surface area contributed by atoms with E-state index in [4.69, 9.17) is 5.11 Å². The SMILES string of the molecule is Cc1ccc(CCCC(=O)O)c2c1CCCC2. The Hall–Kier alpha value is -1.31. The molecule has 0 aliphatic heterocycles. The second-order valence-corrected chi connectivity index (χ2v) is 4.95. The number of carboxylic acids is 1. The van der Waals surface area contributed by atoms with Crippen LogP contribution in [0.15, 0.2) is 12.1 Å². The third kappa shape index (κ3) is 2.87. The fourth-order valence-corrected chi connectivity index (χ4v) is 2.79. The van der Waals surface area contributed by atoms with E-state index in [1.807, 2.05) is 0 Å². The van der Waals surface area contributed by atoms with Crippen molar-refractivity contribution < 1.29 is 9.90 Å². The summed E-state index contributed by atoms with van der Waals surface area (Å²) >= 11 is 0. The zero-order valence-corrected chi connectivity index (χ0v) is 10.5. The van der Waals surface area contributed by atoms with Gasteiger partial charge in [-0.05, 0) is 67.7 Å². The molecule has 0 radical (unpaired) electrons. The maximum atomic E-state index is 10.5. The lowest BCUT2D eigenvalue weighted by Crippen LogP contribution is -2.09. The summed E-state index contributed by atoms with van der Waals surface area (Å²) in [5.41, 5.74) is 5.83. The van der Waals surface area contributed by atoms with Crippen molar-refractivity contribution in [3.05, 3.63) is 34.4 Å². The minimum atomic E-state index is -0.689. The Morgan fingerprint density at radius 2 is 1.94 bits per heavy atom. The van der Waals surface area contributed by atoms with E-state index in [-0.39, 0.29) is 6.42 Å². The van der Waals surface area contributed by atoms with Gasteiger partial charge in [0.25, 0.3) is 0 Å². The van der Waals surface area contributed by atoms with Gasteiger partial charge in [0.1, 0.15) is 0 Å². The molecule has 1 aliphatic carbocycles. The van der Waals surface area contributed by atoms with Gasteiger partial charge in [0.05, 0.1) is 0 Å².